The molecule has 3 rings (SSSR count). The van der Waals surface area contributed by atoms with Crippen LogP contribution >= 0.6 is 0 Å². The summed E-state index contributed by atoms with van der Waals surface area (Å²) in [5.74, 6) is 0.806. The van der Waals surface area contributed by atoms with Crippen molar-refractivity contribution in [2.24, 2.45) is 5.92 Å². The van der Waals surface area contributed by atoms with E-state index in [-0.39, 0.29) is 0 Å². The molecule has 1 aliphatic carbocycles. The van der Waals surface area contributed by atoms with Gasteiger partial charge in [-0.05, 0) is 62.3 Å². The first-order valence-corrected chi connectivity index (χ1v) is 8.21. The molecule has 0 radical (unpaired) electrons. The fourth-order valence-corrected chi connectivity index (χ4v) is 3.66. The minimum atomic E-state index is -0.636. The summed E-state index contributed by atoms with van der Waals surface area (Å²) >= 11 is 0. The molecule has 0 unspecified atom stereocenters. The molecule has 0 amide bonds. The van der Waals surface area contributed by atoms with E-state index in [9.17, 15) is 5.11 Å². The van der Waals surface area contributed by atoms with Crippen molar-refractivity contribution in [3.05, 3.63) is 41.6 Å². The van der Waals surface area contributed by atoms with E-state index in [1.165, 1.54) is 12.8 Å². The number of pyridine rings is 1. The van der Waals surface area contributed by atoms with Gasteiger partial charge in [0, 0.05) is 11.1 Å². The third kappa shape index (κ3) is 2.96. The highest BCUT2D eigenvalue weighted by Crippen LogP contribution is 2.41. The third-order valence-electron chi connectivity index (χ3n) is 5.00. The lowest BCUT2D eigenvalue weighted by Gasteiger charge is -2.36. The van der Waals surface area contributed by atoms with E-state index in [1.54, 1.807) is 0 Å². The maximum absolute atomic E-state index is 11.0. The molecular weight excluding hydrogens is 258 g/mol. The number of rotatable bonds is 3. The minimum absolute atomic E-state index is 0.636. The SMILES string of the molecule is CCCC1CCC(O)(c2ccc3nc(C)ccc3c2)CC1. The molecule has 0 bridgehead atoms. The summed E-state index contributed by atoms with van der Waals surface area (Å²) in [6.07, 6.45) is 6.63. The number of hydrogen-bond donors (Lipinski definition) is 1. The van der Waals surface area contributed by atoms with E-state index < -0.39 is 5.60 Å². The first-order chi connectivity index (χ1) is 10.1. The number of hydrogen-bond acceptors (Lipinski definition) is 2. The van der Waals surface area contributed by atoms with Gasteiger partial charge in [-0.25, -0.2) is 0 Å². The Balaban J connectivity index is 1.84. The van der Waals surface area contributed by atoms with Gasteiger partial charge in [0.25, 0.3) is 0 Å². The Kier molecular flexibility index (Phi) is 3.99. The zero-order chi connectivity index (χ0) is 14.9. The highest BCUT2D eigenvalue weighted by molar-refractivity contribution is 5.79. The van der Waals surface area contributed by atoms with Crippen molar-refractivity contribution in [2.45, 2.75) is 58.0 Å². The Labute approximate surface area is 127 Å². The molecule has 0 aliphatic heterocycles. The highest BCUT2D eigenvalue weighted by Gasteiger charge is 2.34. The molecule has 1 aromatic carbocycles. The highest BCUT2D eigenvalue weighted by atomic mass is 16.3. The van der Waals surface area contributed by atoms with Gasteiger partial charge in [0.05, 0.1) is 11.1 Å². The summed E-state index contributed by atoms with van der Waals surface area (Å²) in [5, 5.41) is 12.1. The monoisotopic (exact) mass is 283 g/mol. The van der Waals surface area contributed by atoms with Gasteiger partial charge >= 0.3 is 0 Å². The molecule has 1 saturated carbocycles. The fraction of sp³-hybridized carbons (Fsp3) is 0.526. The topological polar surface area (TPSA) is 33.1 Å². The first-order valence-electron chi connectivity index (χ1n) is 8.21. The van der Waals surface area contributed by atoms with Crippen molar-refractivity contribution in [1.29, 1.82) is 0 Å². The van der Waals surface area contributed by atoms with Crippen molar-refractivity contribution >= 4 is 10.9 Å². The molecule has 2 aromatic rings. The third-order valence-corrected chi connectivity index (χ3v) is 5.00. The molecule has 2 heteroatoms. The van der Waals surface area contributed by atoms with Crippen molar-refractivity contribution in [1.82, 2.24) is 4.98 Å². The summed E-state index contributed by atoms with van der Waals surface area (Å²) in [4.78, 5) is 4.54. The van der Waals surface area contributed by atoms with Crippen LogP contribution in [0.3, 0.4) is 0 Å². The Morgan fingerprint density at radius 2 is 1.95 bits per heavy atom. The summed E-state index contributed by atoms with van der Waals surface area (Å²) < 4.78 is 0. The van der Waals surface area contributed by atoms with Gasteiger partial charge in [0.1, 0.15) is 0 Å². The fourth-order valence-electron chi connectivity index (χ4n) is 3.66. The van der Waals surface area contributed by atoms with E-state index >= 15 is 0 Å². The molecule has 1 N–H and O–H groups in total. The van der Waals surface area contributed by atoms with E-state index in [0.29, 0.717) is 0 Å². The van der Waals surface area contributed by atoms with Crippen LogP contribution < -0.4 is 0 Å². The molecular formula is C19H25NO. The lowest BCUT2D eigenvalue weighted by Crippen LogP contribution is -2.31. The van der Waals surface area contributed by atoms with E-state index in [0.717, 1.165) is 53.8 Å². The molecule has 1 aliphatic rings. The number of nitrogens with zero attached hydrogens (tertiary/aromatic N) is 1. The van der Waals surface area contributed by atoms with Crippen molar-refractivity contribution < 1.29 is 5.11 Å². The molecule has 0 atom stereocenters. The zero-order valence-corrected chi connectivity index (χ0v) is 13.1. The lowest BCUT2D eigenvalue weighted by molar-refractivity contribution is -0.0151. The van der Waals surface area contributed by atoms with Gasteiger partial charge in [-0.3, -0.25) is 4.98 Å². The number of fused-ring (bicyclic) bond motifs is 1. The number of aliphatic hydroxyl groups is 1. The average Bonchev–Trinajstić information content (AvgIpc) is 2.49. The van der Waals surface area contributed by atoms with Crippen LogP contribution in [0.25, 0.3) is 10.9 Å². The van der Waals surface area contributed by atoms with E-state index in [1.807, 2.05) is 19.1 Å². The van der Waals surface area contributed by atoms with Gasteiger partial charge in [0.2, 0.25) is 0 Å². The lowest BCUT2D eigenvalue weighted by atomic mass is 9.74. The Morgan fingerprint density at radius 3 is 2.67 bits per heavy atom. The Morgan fingerprint density at radius 1 is 1.19 bits per heavy atom. The molecule has 1 heterocycles. The predicted octanol–water partition coefficient (Wildman–Crippen LogP) is 4.72. The maximum atomic E-state index is 11.0. The van der Waals surface area contributed by atoms with E-state index in [2.05, 4.69) is 30.1 Å². The smallest absolute Gasteiger partial charge is 0.0897 e. The van der Waals surface area contributed by atoms with Crippen molar-refractivity contribution in [3.63, 3.8) is 0 Å². The zero-order valence-electron chi connectivity index (χ0n) is 13.1. The predicted molar refractivity (Wildman–Crippen MR) is 87.2 cm³/mol. The average molecular weight is 283 g/mol. The maximum Gasteiger partial charge on any atom is 0.0897 e. The van der Waals surface area contributed by atoms with Crippen molar-refractivity contribution in [3.8, 4) is 0 Å². The van der Waals surface area contributed by atoms with Crippen LogP contribution in [0.2, 0.25) is 0 Å². The second-order valence-corrected chi connectivity index (χ2v) is 6.62. The van der Waals surface area contributed by atoms with Crippen LogP contribution in [0, 0.1) is 12.8 Å². The minimum Gasteiger partial charge on any atom is -0.385 e. The van der Waals surface area contributed by atoms with Gasteiger partial charge in [0.15, 0.2) is 0 Å². The summed E-state index contributed by atoms with van der Waals surface area (Å²) in [5.41, 5.74) is 2.48. The summed E-state index contributed by atoms with van der Waals surface area (Å²) in [6, 6.07) is 10.4. The number of benzene rings is 1. The molecule has 0 saturated heterocycles. The second-order valence-electron chi connectivity index (χ2n) is 6.62. The summed E-state index contributed by atoms with van der Waals surface area (Å²) in [7, 11) is 0. The molecule has 1 aromatic heterocycles. The van der Waals surface area contributed by atoms with Crippen LogP contribution in [-0.4, -0.2) is 10.1 Å². The standard InChI is InChI=1S/C19H25NO/c1-3-4-15-9-11-19(21,12-10-15)17-7-8-18-16(13-17)6-5-14(2)20-18/h5-8,13,15,21H,3-4,9-12H2,1-2H3. The van der Waals surface area contributed by atoms with Crippen LogP contribution in [0.15, 0.2) is 30.3 Å². The molecule has 112 valence electrons. The molecule has 2 nitrogen and oxygen atoms in total. The summed E-state index contributed by atoms with van der Waals surface area (Å²) in [6.45, 7) is 4.26. The number of aromatic nitrogens is 1. The van der Waals surface area contributed by atoms with Gasteiger partial charge in [-0.15, -0.1) is 0 Å². The van der Waals surface area contributed by atoms with Gasteiger partial charge in [-0.1, -0.05) is 31.9 Å². The quantitative estimate of drug-likeness (QED) is 0.884. The normalized spacial score (nSPS) is 26.1. The molecule has 0 spiro atoms. The van der Waals surface area contributed by atoms with Gasteiger partial charge < -0.3 is 5.11 Å². The number of aryl methyl sites for hydroxylation is 1. The van der Waals surface area contributed by atoms with Crippen LogP contribution in [0.5, 0.6) is 0 Å². The van der Waals surface area contributed by atoms with Crippen molar-refractivity contribution in [2.75, 3.05) is 0 Å². The van der Waals surface area contributed by atoms with Crippen LogP contribution in [0.4, 0.5) is 0 Å². The first kappa shape index (κ1) is 14.5. The van der Waals surface area contributed by atoms with Crippen LogP contribution in [0.1, 0.15) is 56.7 Å². The molecule has 1 fully saturated rings. The van der Waals surface area contributed by atoms with Crippen LogP contribution in [-0.2, 0) is 5.60 Å². The molecule has 21 heavy (non-hydrogen) atoms. The second kappa shape index (κ2) is 5.76. The largest absolute Gasteiger partial charge is 0.385 e. The van der Waals surface area contributed by atoms with E-state index in [4.69, 9.17) is 0 Å². The van der Waals surface area contributed by atoms with Gasteiger partial charge in [-0.2, -0.15) is 0 Å². The Hall–Kier alpha value is -1.41. The Bertz CT molecular complexity index is 626.